The van der Waals surface area contributed by atoms with Crippen molar-refractivity contribution in [1.29, 1.82) is 0 Å². The first-order chi connectivity index (χ1) is 18.0. The molecule has 2 aliphatic heterocycles. The van der Waals surface area contributed by atoms with Gasteiger partial charge in [0.2, 0.25) is 12.2 Å². The lowest BCUT2D eigenvalue weighted by atomic mass is 9.95. The van der Waals surface area contributed by atoms with Crippen LogP contribution in [0.15, 0.2) is 33.5 Å². The molecule has 10 unspecified atom stereocenters. The summed E-state index contributed by atoms with van der Waals surface area (Å²) in [7, 11) is 0. The van der Waals surface area contributed by atoms with Crippen LogP contribution in [0.4, 0.5) is 0 Å². The molecule has 1 aromatic carbocycles. The first kappa shape index (κ1) is 28.4. The predicted octanol–water partition coefficient (Wildman–Crippen LogP) is -2.75. The summed E-state index contributed by atoms with van der Waals surface area (Å²) in [6.45, 7) is 1.54. The van der Waals surface area contributed by atoms with Gasteiger partial charge in [0.05, 0.1) is 13.2 Å². The Bertz CT molecular complexity index is 1190. The summed E-state index contributed by atoms with van der Waals surface area (Å²) >= 11 is 0. The number of aryl methyl sites for hydroxylation is 1. The van der Waals surface area contributed by atoms with Crippen LogP contribution < -0.4 is 15.7 Å². The van der Waals surface area contributed by atoms with Crippen molar-refractivity contribution in [2.75, 3.05) is 13.2 Å². The third kappa shape index (κ3) is 5.68. The molecule has 14 nitrogen and oxygen atoms in total. The minimum atomic E-state index is -1.79. The summed E-state index contributed by atoms with van der Waals surface area (Å²) in [5, 5.41) is 64.0. The molecule has 10 atom stereocenters. The van der Waals surface area contributed by atoms with Gasteiger partial charge in [0.25, 0.3) is 0 Å². The number of rotatable bonds is 7. The number of aliphatic hydroxyl groups is 6. The molecule has 2 aromatic rings. The van der Waals surface area contributed by atoms with E-state index in [1.807, 2.05) is 0 Å². The number of hydrogen-bond donors (Lipinski definition) is 7. The second-order valence-electron chi connectivity index (χ2n) is 9.26. The Morgan fingerprint density at radius 1 is 0.947 bits per heavy atom. The number of hydrogen-bond acceptors (Lipinski definition) is 13. The van der Waals surface area contributed by atoms with Crippen LogP contribution in [-0.2, 0) is 19.0 Å². The number of aliphatic hydroxyl groups excluding tert-OH is 6. The van der Waals surface area contributed by atoms with Crippen molar-refractivity contribution in [2.24, 2.45) is 0 Å². The van der Waals surface area contributed by atoms with E-state index in [2.05, 4.69) is 5.32 Å². The van der Waals surface area contributed by atoms with Crippen LogP contribution in [0.25, 0.3) is 11.0 Å². The predicted molar refractivity (Wildman–Crippen MR) is 126 cm³/mol. The molecule has 3 heterocycles. The SMILES string of the molecule is CC(=O)NC1C(Oc2ccc3c(C)cc(=O)oc3c2)OC(CO)C(O)C1OC1OC(CO)C(O)C(O)C1O. The molecule has 4 rings (SSSR count). The van der Waals surface area contributed by atoms with Crippen LogP contribution in [0.3, 0.4) is 0 Å². The first-order valence-corrected chi connectivity index (χ1v) is 11.9. The van der Waals surface area contributed by atoms with E-state index in [1.54, 1.807) is 19.1 Å². The second-order valence-corrected chi connectivity index (χ2v) is 9.26. The maximum Gasteiger partial charge on any atom is 0.336 e. The summed E-state index contributed by atoms with van der Waals surface area (Å²) in [4.78, 5) is 23.9. The van der Waals surface area contributed by atoms with Gasteiger partial charge in [0.1, 0.15) is 60.1 Å². The molecular formula is C24H31NO13. The molecule has 14 heteroatoms. The van der Waals surface area contributed by atoms with Gasteiger partial charge in [-0.05, 0) is 24.6 Å². The van der Waals surface area contributed by atoms with Crippen LogP contribution >= 0.6 is 0 Å². The topological polar surface area (TPSA) is 218 Å². The van der Waals surface area contributed by atoms with Crippen LogP contribution in [0.1, 0.15) is 12.5 Å². The Morgan fingerprint density at radius 2 is 1.61 bits per heavy atom. The van der Waals surface area contributed by atoms with Gasteiger partial charge in [-0.1, -0.05) is 0 Å². The number of amides is 1. The van der Waals surface area contributed by atoms with Crippen molar-refractivity contribution in [3.05, 3.63) is 40.2 Å². The number of nitrogens with one attached hydrogen (secondary N) is 1. The highest BCUT2D eigenvalue weighted by Gasteiger charge is 2.52. The maximum atomic E-state index is 12.1. The van der Waals surface area contributed by atoms with Crippen molar-refractivity contribution in [3.8, 4) is 5.75 Å². The molecule has 38 heavy (non-hydrogen) atoms. The van der Waals surface area contributed by atoms with E-state index in [1.165, 1.54) is 19.1 Å². The minimum absolute atomic E-state index is 0.159. The maximum absolute atomic E-state index is 12.1. The van der Waals surface area contributed by atoms with Crippen LogP contribution in [0.2, 0.25) is 0 Å². The van der Waals surface area contributed by atoms with Gasteiger partial charge in [0, 0.05) is 24.4 Å². The highest BCUT2D eigenvalue weighted by Crippen LogP contribution is 2.31. The highest BCUT2D eigenvalue weighted by atomic mass is 16.7. The number of benzene rings is 1. The molecule has 210 valence electrons. The fourth-order valence-electron chi connectivity index (χ4n) is 4.57. The minimum Gasteiger partial charge on any atom is -0.462 e. The summed E-state index contributed by atoms with van der Waals surface area (Å²) < 4.78 is 28.0. The monoisotopic (exact) mass is 541 g/mol. The van der Waals surface area contributed by atoms with Crippen molar-refractivity contribution >= 4 is 16.9 Å². The normalized spacial score (nSPS) is 35.7. The largest absolute Gasteiger partial charge is 0.462 e. The molecule has 1 aromatic heterocycles. The fourth-order valence-corrected chi connectivity index (χ4v) is 4.57. The average Bonchev–Trinajstić information content (AvgIpc) is 2.87. The zero-order valence-electron chi connectivity index (χ0n) is 20.5. The number of carbonyl (C=O) groups excluding carboxylic acids is 1. The molecule has 2 fully saturated rings. The van der Waals surface area contributed by atoms with E-state index in [0.717, 1.165) is 0 Å². The standard InChI is InChI=1S/C24H31NO13/c1-9-5-16(29)35-13-6-11(3-4-12(9)13)34-23-17(25-10(2)28)22(19(31)15(8-27)36-23)38-24-21(33)20(32)18(30)14(7-26)37-24/h3-6,14-15,17-24,26-27,30-33H,7-8H2,1-2H3,(H,25,28). The van der Waals surface area contributed by atoms with E-state index in [9.17, 15) is 40.2 Å². The van der Waals surface area contributed by atoms with Crippen molar-refractivity contribution < 1.29 is 58.8 Å². The summed E-state index contributed by atoms with van der Waals surface area (Å²) in [5.41, 5.74) is 0.352. The summed E-state index contributed by atoms with van der Waals surface area (Å²) in [6.07, 6.45) is -13.8. The molecule has 0 saturated carbocycles. The quantitative estimate of drug-likeness (QED) is 0.177. The Hall–Kier alpha value is -2.66. The number of carbonyl (C=O) groups is 1. The summed E-state index contributed by atoms with van der Waals surface area (Å²) in [5.74, 6) is -0.407. The van der Waals surface area contributed by atoms with E-state index in [-0.39, 0.29) is 11.3 Å². The molecule has 1 amide bonds. The molecule has 2 saturated heterocycles. The number of ether oxygens (including phenoxy) is 4. The van der Waals surface area contributed by atoms with Crippen LogP contribution in [-0.4, -0.2) is 111 Å². The van der Waals surface area contributed by atoms with Crippen molar-refractivity contribution in [1.82, 2.24) is 5.32 Å². The van der Waals surface area contributed by atoms with E-state index in [4.69, 9.17) is 23.4 Å². The van der Waals surface area contributed by atoms with E-state index >= 15 is 0 Å². The summed E-state index contributed by atoms with van der Waals surface area (Å²) in [6, 6.07) is 4.74. The number of fused-ring (bicyclic) bond motifs is 1. The van der Waals surface area contributed by atoms with Gasteiger partial charge in [-0.2, -0.15) is 0 Å². The molecule has 7 N–H and O–H groups in total. The second kappa shape index (κ2) is 11.6. The van der Waals surface area contributed by atoms with Gasteiger partial charge in [-0.25, -0.2) is 4.79 Å². The third-order valence-corrected chi connectivity index (χ3v) is 6.54. The molecule has 0 aliphatic carbocycles. The van der Waals surface area contributed by atoms with Gasteiger partial charge < -0.3 is 59.3 Å². The Kier molecular flexibility index (Phi) is 8.66. The zero-order valence-corrected chi connectivity index (χ0v) is 20.5. The lowest BCUT2D eigenvalue weighted by Crippen LogP contribution is -2.68. The Balaban J connectivity index is 1.65. The average molecular weight is 542 g/mol. The van der Waals surface area contributed by atoms with E-state index in [0.29, 0.717) is 10.9 Å². The molecule has 2 aliphatic rings. The highest BCUT2D eigenvalue weighted by molar-refractivity contribution is 5.81. The molecule has 0 spiro atoms. The van der Waals surface area contributed by atoms with Crippen LogP contribution in [0, 0.1) is 6.92 Å². The van der Waals surface area contributed by atoms with Crippen LogP contribution in [0.5, 0.6) is 5.75 Å². The molecule has 0 bridgehead atoms. The lowest BCUT2D eigenvalue weighted by molar-refractivity contribution is -0.339. The zero-order chi connectivity index (χ0) is 27.7. The van der Waals surface area contributed by atoms with E-state index < -0.39 is 86.1 Å². The van der Waals surface area contributed by atoms with Gasteiger partial charge in [-0.3, -0.25) is 4.79 Å². The smallest absolute Gasteiger partial charge is 0.336 e. The molecular weight excluding hydrogens is 510 g/mol. The fraction of sp³-hybridized carbons (Fsp3) is 0.583. The van der Waals surface area contributed by atoms with Crippen molar-refractivity contribution in [2.45, 2.75) is 75.2 Å². The van der Waals surface area contributed by atoms with Gasteiger partial charge in [-0.15, -0.1) is 0 Å². The van der Waals surface area contributed by atoms with Gasteiger partial charge in [0.15, 0.2) is 6.29 Å². The third-order valence-electron chi connectivity index (χ3n) is 6.54. The molecule has 0 radical (unpaired) electrons. The lowest BCUT2D eigenvalue weighted by Gasteiger charge is -2.47. The van der Waals surface area contributed by atoms with Crippen molar-refractivity contribution in [3.63, 3.8) is 0 Å². The van der Waals surface area contributed by atoms with Gasteiger partial charge >= 0.3 is 5.63 Å². The Labute approximate surface area is 215 Å². The first-order valence-electron chi connectivity index (χ1n) is 11.9. The Morgan fingerprint density at radius 3 is 2.26 bits per heavy atom.